The zero-order valence-electron chi connectivity index (χ0n) is 7.61. The molecule has 0 aliphatic carbocycles. The summed E-state index contributed by atoms with van der Waals surface area (Å²) in [6.07, 6.45) is 0.691. The van der Waals surface area contributed by atoms with E-state index < -0.39 is 5.97 Å². The maximum atomic E-state index is 10.7. The van der Waals surface area contributed by atoms with E-state index in [-0.39, 0.29) is 10.5 Å². The van der Waals surface area contributed by atoms with Gasteiger partial charge in [0.25, 0.3) is 0 Å². The summed E-state index contributed by atoms with van der Waals surface area (Å²) in [5.41, 5.74) is 1.25. The molecule has 0 amide bonds. The van der Waals surface area contributed by atoms with Crippen molar-refractivity contribution in [1.29, 1.82) is 5.26 Å². The molecule has 14 heavy (non-hydrogen) atoms. The minimum Gasteiger partial charge on any atom is -0.478 e. The van der Waals surface area contributed by atoms with Crippen LogP contribution in [-0.4, -0.2) is 11.1 Å². The summed E-state index contributed by atoms with van der Waals surface area (Å²) in [4.78, 5) is 11.0. The molecule has 0 fully saturated rings. The zero-order valence-corrected chi connectivity index (χ0v) is 8.51. The maximum absolute atomic E-state index is 10.7. The molecule has 1 rings (SSSR count). The van der Waals surface area contributed by atoms with Gasteiger partial charge in [-0.05, 0) is 18.1 Å². The number of rotatable bonds is 2. The van der Waals surface area contributed by atoms with Gasteiger partial charge in [-0.25, -0.2) is 4.79 Å². The largest absolute Gasteiger partial charge is 0.478 e. The molecule has 0 saturated carbocycles. The van der Waals surface area contributed by atoms with Crippen molar-refractivity contribution in [3.8, 4) is 6.07 Å². The first kappa shape index (κ1) is 10.6. The molecular weight excluding hydrogens is 198 g/mol. The van der Waals surface area contributed by atoms with E-state index in [1.807, 2.05) is 13.0 Å². The van der Waals surface area contributed by atoms with Crippen LogP contribution < -0.4 is 0 Å². The van der Waals surface area contributed by atoms with E-state index in [1.54, 1.807) is 6.07 Å². The van der Waals surface area contributed by atoms with Crippen LogP contribution in [0.4, 0.5) is 0 Å². The first-order valence-electron chi connectivity index (χ1n) is 4.10. The van der Waals surface area contributed by atoms with Gasteiger partial charge in [-0.15, -0.1) is 12.6 Å². The van der Waals surface area contributed by atoms with Gasteiger partial charge >= 0.3 is 5.97 Å². The van der Waals surface area contributed by atoms with Crippen molar-refractivity contribution in [2.24, 2.45) is 0 Å². The van der Waals surface area contributed by atoms with E-state index >= 15 is 0 Å². The van der Waals surface area contributed by atoms with Crippen molar-refractivity contribution >= 4 is 18.6 Å². The number of carboxylic acid groups (broad SMARTS) is 1. The number of benzene rings is 1. The molecule has 0 aliphatic rings. The lowest BCUT2D eigenvalue weighted by Crippen LogP contribution is -2.01. The average molecular weight is 207 g/mol. The van der Waals surface area contributed by atoms with Crippen LogP contribution in [0.25, 0.3) is 0 Å². The summed E-state index contributed by atoms with van der Waals surface area (Å²) >= 11 is 4.05. The smallest absolute Gasteiger partial charge is 0.336 e. The summed E-state index contributed by atoms with van der Waals surface area (Å²) in [7, 11) is 0. The van der Waals surface area contributed by atoms with Crippen molar-refractivity contribution in [2.75, 3.05) is 0 Å². The van der Waals surface area contributed by atoms with Crippen LogP contribution in [0.15, 0.2) is 17.0 Å². The molecule has 0 unspecified atom stereocenters. The number of hydrogen-bond acceptors (Lipinski definition) is 3. The monoisotopic (exact) mass is 207 g/mol. The summed E-state index contributed by atoms with van der Waals surface area (Å²) in [6, 6.07) is 5.10. The van der Waals surface area contributed by atoms with E-state index in [4.69, 9.17) is 10.4 Å². The maximum Gasteiger partial charge on any atom is 0.336 e. The van der Waals surface area contributed by atoms with Crippen LogP contribution in [0.1, 0.15) is 28.4 Å². The van der Waals surface area contributed by atoms with Crippen LogP contribution in [-0.2, 0) is 6.42 Å². The Kier molecular flexibility index (Phi) is 3.15. The number of carboxylic acids is 1. The minimum absolute atomic E-state index is 0.0714. The Bertz CT molecular complexity index is 421. The highest BCUT2D eigenvalue weighted by Gasteiger charge is 2.13. The van der Waals surface area contributed by atoms with E-state index in [9.17, 15) is 4.79 Å². The Hall–Kier alpha value is -1.47. The van der Waals surface area contributed by atoms with Gasteiger partial charge in [0.05, 0.1) is 11.1 Å². The number of thiol groups is 1. The summed E-state index contributed by atoms with van der Waals surface area (Å²) < 4.78 is 0. The second-order valence-corrected chi connectivity index (χ2v) is 3.21. The topological polar surface area (TPSA) is 61.1 Å². The van der Waals surface area contributed by atoms with Crippen LogP contribution in [0.2, 0.25) is 0 Å². The van der Waals surface area contributed by atoms with Gasteiger partial charge in [0, 0.05) is 4.90 Å². The van der Waals surface area contributed by atoms with Crippen molar-refractivity contribution < 1.29 is 9.90 Å². The van der Waals surface area contributed by atoms with Crippen LogP contribution in [0.5, 0.6) is 0 Å². The first-order chi connectivity index (χ1) is 6.61. The molecule has 1 aromatic rings. The number of nitriles is 1. The lowest BCUT2D eigenvalue weighted by molar-refractivity contribution is 0.0693. The van der Waals surface area contributed by atoms with Gasteiger partial charge in [0.1, 0.15) is 6.07 Å². The Balaban J connectivity index is 3.44. The van der Waals surface area contributed by atoms with Crippen LogP contribution >= 0.6 is 12.6 Å². The fourth-order valence-corrected chi connectivity index (χ4v) is 1.59. The first-order valence-corrected chi connectivity index (χ1v) is 4.54. The molecule has 0 aliphatic heterocycles. The van der Waals surface area contributed by atoms with Gasteiger partial charge in [-0.2, -0.15) is 5.26 Å². The molecule has 0 saturated heterocycles. The third kappa shape index (κ3) is 1.73. The molecule has 0 aromatic heterocycles. The second kappa shape index (κ2) is 4.16. The van der Waals surface area contributed by atoms with E-state index in [1.165, 1.54) is 6.07 Å². The van der Waals surface area contributed by atoms with Gasteiger partial charge in [0.2, 0.25) is 0 Å². The Labute approximate surface area is 87.4 Å². The molecule has 4 heteroatoms. The molecule has 0 spiro atoms. The number of nitrogens with zero attached hydrogens (tertiary/aromatic N) is 1. The van der Waals surface area contributed by atoms with Gasteiger partial charge in [-0.3, -0.25) is 0 Å². The molecule has 1 N–H and O–H groups in total. The normalized spacial score (nSPS) is 9.50. The Morgan fingerprint density at radius 1 is 1.64 bits per heavy atom. The lowest BCUT2D eigenvalue weighted by Gasteiger charge is -2.06. The number of hydrogen-bond donors (Lipinski definition) is 2. The molecule has 0 heterocycles. The Morgan fingerprint density at radius 3 is 2.71 bits per heavy atom. The molecule has 3 nitrogen and oxygen atoms in total. The van der Waals surface area contributed by atoms with Gasteiger partial charge < -0.3 is 5.11 Å². The van der Waals surface area contributed by atoms with Gasteiger partial charge in [-0.1, -0.05) is 13.0 Å². The Morgan fingerprint density at radius 2 is 2.29 bits per heavy atom. The number of aromatic carboxylic acids is 1. The number of aryl methyl sites for hydroxylation is 1. The zero-order chi connectivity index (χ0) is 10.7. The third-order valence-electron chi connectivity index (χ3n) is 1.99. The fourth-order valence-electron chi connectivity index (χ4n) is 1.22. The highest BCUT2D eigenvalue weighted by atomic mass is 32.1. The molecule has 1 aromatic carbocycles. The summed E-state index contributed by atoms with van der Waals surface area (Å²) in [5, 5.41) is 17.6. The quantitative estimate of drug-likeness (QED) is 0.730. The molecule has 0 bridgehead atoms. The van der Waals surface area contributed by atoms with Crippen molar-refractivity contribution in [3.05, 3.63) is 28.8 Å². The predicted molar refractivity (Wildman–Crippen MR) is 54.7 cm³/mol. The van der Waals surface area contributed by atoms with E-state index in [2.05, 4.69) is 12.6 Å². The summed E-state index contributed by atoms with van der Waals surface area (Å²) in [5.74, 6) is -1.06. The third-order valence-corrected chi connectivity index (χ3v) is 2.45. The van der Waals surface area contributed by atoms with Crippen molar-refractivity contribution in [3.63, 3.8) is 0 Å². The van der Waals surface area contributed by atoms with Crippen LogP contribution in [0.3, 0.4) is 0 Å². The van der Waals surface area contributed by atoms with Crippen molar-refractivity contribution in [1.82, 2.24) is 0 Å². The molecular formula is C10H9NO2S. The SMILES string of the molecule is CCc1ccc(C(=O)O)c(S)c1C#N. The van der Waals surface area contributed by atoms with E-state index in [0.717, 1.165) is 5.56 Å². The minimum atomic E-state index is -1.06. The highest BCUT2D eigenvalue weighted by molar-refractivity contribution is 7.80. The average Bonchev–Trinajstić information content (AvgIpc) is 2.16. The lowest BCUT2D eigenvalue weighted by atomic mass is 10.0. The summed E-state index contributed by atoms with van der Waals surface area (Å²) in [6.45, 7) is 1.91. The molecule has 72 valence electrons. The van der Waals surface area contributed by atoms with Crippen molar-refractivity contribution in [2.45, 2.75) is 18.2 Å². The van der Waals surface area contributed by atoms with Gasteiger partial charge in [0.15, 0.2) is 0 Å². The predicted octanol–water partition coefficient (Wildman–Crippen LogP) is 2.11. The fraction of sp³-hybridized carbons (Fsp3) is 0.200. The second-order valence-electron chi connectivity index (χ2n) is 2.77. The molecule has 0 radical (unpaired) electrons. The standard InChI is InChI=1S/C10H9NO2S/c1-2-6-3-4-7(10(12)13)9(14)8(6)5-11/h3-4,14H,2H2,1H3,(H,12,13). The molecule has 0 atom stereocenters. The van der Waals surface area contributed by atoms with Crippen LogP contribution in [0, 0.1) is 11.3 Å². The highest BCUT2D eigenvalue weighted by Crippen LogP contribution is 2.22. The number of carbonyl (C=O) groups is 1. The van der Waals surface area contributed by atoms with E-state index in [0.29, 0.717) is 12.0 Å².